The molecular formula is C20H21N3O5S. The lowest BCUT2D eigenvalue weighted by Gasteiger charge is -2.15. The summed E-state index contributed by atoms with van der Waals surface area (Å²) in [6.07, 6.45) is 1.77. The summed E-state index contributed by atoms with van der Waals surface area (Å²) in [6.45, 7) is -0.0412. The number of ether oxygens (including phenoxy) is 2. The second kappa shape index (κ2) is 8.46. The van der Waals surface area contributed by atoms with Crippen molar-refractivity contribution in [3.8, 4) is 11.4 Å². The zero-order valence-corrected chi connectivity index (χ0v) is 17.1. The molecular weight excluding hydrogens is 394 g/mol. The van der Waals surface area contributed by atoms with Crippen LogP contribution in [-0.2, 0) is 21.4 Å². The Morgan fingerprint density at radius 3 is 2.48 bits per heavy atom. The van der Waals surface area contributed by atoms with Gasteiger partial charge in [0.15, 0.2) is 0 Å². The smallest absolute Gasteiger partial charge is 0.338 e. The fourth-order valence-corrected chi connectivity index (χ4v) is 3.66. The number of carbonyl (C=O) groups is 1. The highest BCUT2D eigenvalue weighted by molar-refractivity contribution is 7.89. The van der Waals surface area contributed by atoms with Crippen molar-refractivity contribution in [2.24, 2.45) is 0 Å². The minimum atomic E-state index is -3.79. The first-order valence-corrected chi connectivity index (χ1v) is 10.1. The van der Waals surface area contributed by atoms with E-state index in [9.17, 15) is 13.2 Å². The molecule has 1 heterocycles. The molecule has 2 aromatic carbocycles. The van der Waals surface area contributed by atoms with Crippen molar-refractivity contribution in [2.75, 3.05) is 21.2 Å². The Balaban J connectivity index is 1.76. The van der Waals surface area contributed by atoms with Gasteiger partial charge in [-0.2, -0.15) is 5.10 Å². The lowest BCUT2D eigenvalue weighted by atomic mass is 10.2. The van der Waals surface area contributed by atoms with E-state index in [4.69, 9.17) is 9.47 Å². The normalized spacial score (nSPS) is 11.4. The fourth-order valence-electron chi connectivity index (χ4n) is 2.59. The molecule has 0 aliphatic heterocycles. The van der Waals surface area contributed by atoms with E-state index in [2.05, 4.69) is 5.10 Å². The van der Waals surface area contributed by atoms with Gasteiger partial charge in [0.1, 0.15) is 22.9 Å². The van der Waals surface area contributed by atoms with E-state index >= 15 is 0 Å². The highest BCUT2D eigenvalue weighted by atomic mass is 32.2. The Labute approximate surface area is 169 Å². The van der Waals surface area contributed by atoms with Crippen molar-refractivity contribution >= 4 is 16.0 Å². The first kappa shape index (κ1) is 20.6. The summed E-state index contributed by atoms with van der Waals surface area (Å²) < 4.78 is 38.1. The average Bonchev–Trinajstić information content (AvgIpc) is 3.21. The highest BCUT2D eigenvalue weighted by Gasteiger charge is 2.24. The Morgan fingerprint density at radius 2 is 1.83 bits per heavy atom. The zero-order chi connectivity index (χ0) is 21.0. The third kappa shape index (κ3) is 4.47. The number of benzene rings is 2. The Hall–Kier alpha value is -3.17. The SMILES string of the molecule is COc1ccc(C(=O)OCc2ccn(-c3ccccc3)n2)cc1S(=O)(=O)N(C)C. The van der Waals surface area contributed by atoms with E-state index in [1.165, 1.54) is 39.4 Å². The maximum absolute atomic E-state index is 12.5. The van der Waals surface area contributed by atoms with Gasteiger partial charge in [-0.15, -0.1) is 0 Å². The van der Waals surface area contributed by atoms with Crippen molar-refractivity contribution < 1.29 is 22.7 Å². The van der Waals surface area contributed by atoms with Crippen LogP contribution in [-0.4, -0.2) is 49.7 Å². The third-order valence-electron chi connectivity index (χ3n) is 4.17. The number of sulfonamides is 1. The van der Waals surface area contributed by atoms with E-state index in [1.54, 1.807) is 16.9 Å². The second-order valence-electron chi connectivity index (χ2n) is 6.32. The molecule has 1 aromatic heterocycles. The first-order valence-electron chi connectivity index (χ1n) is 8.70. The van der Waals surface area contributed by atoms with Crippen LogP contribution in [0.25, 0.3) is 5.69 Å². The molecule has 3 aromatic rings. The van der Waals surface area contributed by atoms with Gasteiger partial charge in [0.25, 0.3) is 0 Å². The van der Waals surface area contributed by atoms with Crippen LogP contribution >= 0.6 is 0 Å². The van der Waals surface area contributed by atoms with Gasteiger partial charge in [0.2, 0.25) is 10.0 Å². The van der Waals surface area contributed by atoms with Gasteiger partial charge in [-0.05, 0) is 36.4 Å². The monoisotopic (exact) mass is 415 g/mol. The molecule has 152 valence electrons. The molecule has 0 saturated heterocycles. The van der Waals surface area contributed by atoms with Gasteiger partial charge in [-0.1, -0.05) is 18.2 Å². The third-order valence-corrected chi connectivity index (χ3v) is 6.01. The number of esters is 1. The molecule has 0 atom stereocenters. The standard InChI is InChI=1S/C20H21N3O5S/c1-22(2)29(25,26)19-13-15(9-10-18(19)27-3)20(24)28-14-16-11-12-23(21-16)17-7-5-4-6-8-17/h4-13H,14H2,1-3H3. The number of hydrogen-bond donors (Lipinski definition) is 0. The van der Waals surface area contributed by atoms with E-state index in [-0.39, 0.29) is 22.8 Å². The first-order chi connectivity index (χ1) is 13.8. The average molecular weight is 415 g/mol. The number of rotatable bonds is 7. The van der Waals surface area contributed by atoms with Gasteiger partial charge in [0, 0.05) is 20.3 Å². The molecule has 0 aliphatic carbocycles. The van der Waals surface area contributed by atoms with Crippen molar-refractivity contribution in [1.82, 2.24) is 14.1 Å². The summed E-state index contributed by atoms with van der Waals surface area (Å²) >= 11 is 0. The summed E-state index contributed by atoms with van der Waals surface area (Å²) in [6, 6.07) is 15.4. The maximum Gasteiger partial charge on any atom is 0.338 e. The van der Waals surface area contributed by atoms with Gasteiger partial charge in [-0.3, -0.25) is 0 Å². The predicted octanol–water partition coefficient (Wildman–Crippen LogP) is 2.49. The van der Waals surface area contributed by atoms with E-state index < -0.39 is 16.0 Å². The Bertz CT molecular complexity index is 1110. The molecule has 0 aliphatic rings. The fraction of sp³-hybridized carbons (Fsp3) is 0.200. The predicted molar refractivity (Wildman–Crippen MR) is 107 cm³/mol. The molecule has 29 heavy (non-hydrogen) atoms. The minimum Gasteiger partial charge on any atom is -0.495 e. The Morgan fingerprint density at radius 1 is 1.10 bits per heavy atom. The van der Waals surface area contributed by atoms with Crippen molar-refractivity contribution in [2.45, 2.75) is 11.5 Å². The molecule has 0 amide bonds. The molecule has 0 bridgehead atoms. The molecule has 0 spiro atoms. The Kier molecular flexibility index (Phi) is 6.00. The number of aromatic nitrogens is 2. The molecule has 0 saturated carbocycles. The van der Waals surface area contributed by atoms with Crippen LogP contribution in [0.3, 0.4) is 0 Å². The molecule has 0 unspecified atom stereocenters. The maximum atomic E-state index is 12.5. The quantitative estimate of drug-likeness (QED) is 0.551. The van der Waals surface area contributed by atoms with Crippen molar-refractivity contribution in [3.63, 3.8) is 0 Å². The summed E-state index contributed by atoms with van der Waals surface area (Å²) in [7, 11) is 0.392. The van der Waals surface area contributed by atoms with Crippen LogP contribution in [0.1, 0.15) is 16.1 Å². The van der Waals surface area contributed by atoms with Crippen LogP contribution in [0.2, 0.25) is 0 Å². The number of carbonyl (C=O) groups excluding carboxylic acids is 1. The highest BCUT2D eigenvalue weighted by Crippen LogP contribution is 2.27. The number of nitrogens with zero attached hydrogens (tertiary/aromatic N) is 3. The number of hydrogen-bond acceptors (Lipinski definition) is 6. The molecule has 9 heteroatoms. The summed E-state index contributed by atoms with van der Waals surface area (Å²) in [4.78, 5) is 12.3. The van der Waals surface area contributed by atoms with Crippen LogP contribution in [0, 0.1) is 0 Å². The molecule has 8 nitrogen and oxygen atoms in total. The van der Waals surface area contributed by atoms with Crippen molar-refractivity contribution in [1.29, 1.82) is 0 Å². The number of para-hydroxylation sites is 1. The van der Waals surface area contributed by atoms with Gasteiger partial charge < -0.3 is 9.47 Å². The van der Waals surface area contributed by atoms with E-state index in [1.807, 2.05) is 30.3 Å². The van der Waals surface area contributed by atoms with Crippen molar-refractivity contribution in [3.05, 3.63) is 72.1 Å². The topological polar surface area (TPSA) is 90.7 Å². The van der Waals surface area contributed by atoms with Crippen LogP contribution < -0.4 is 4.74 Å². The van der Waals surface area contributed by atoms with Crippen LogP contribution in [0.15, 0.2) is 65.7 Å². The summed E-state index contributed by atoms with van der Waals surface area (Å²) in [5.41, 5.74) is 1.56. The molecule has 0 N–H and O–H groups in total. The lowest BCUT2D eigenvalue weighted by Crippen LogP contribution is -2.23. The molecule has 3 rings (SSSR count). The summed E-state index contributed by atoms with van der Waals surface area (Å²) in [5, 5.41) is 4.37. The molecule has 0 radical (unpaired) electrons. The van der Waals surface area contributed by atoms with Crippen LogP contribution in [0.4, 0.5) is 0 Å². The zero-order valence-electron chi connectivity index (χ0n) is 16.3. The van der Waals surface area contributed by atoms with Crippen LogP contribution in [0.5, 0.6) is 5.75 Å². The number of methoxy groups -OCH3 is 1. The van der Waals surface area contributed by atoms with E-state index in [0.29, 0.717) is 5.69 Å². The van der Waals surface area contributed by atoms with Gasteiger partial charge in [0.05, 0.1) is 18.4 Å². The lowest BCUT2D eigenvalue weighted by molar-refractivity contribution is 0.0467. The van der Waals surface area contributed by atoms with E-state index in [0.717, 1.165) is 9.99 Å². The van der Waals surface area contributed by atoms with Gasteiger partial charge in [-0.25, -0.2) is 22.2 Å². The second-order valence-corrected chi connectivity index (χ2v) is 8.44. The molecule has 0 fully saturated rings. The minimum absolute atomic E-state index is 0.0412. The largest absolute Gasteiger partial charge is 0.495 e. The summed E-state index contributed by atoms with van der Waals surface area (Å²) in [5.74, 6) is -0.506. The van der Waals surface area contributed by atoms with Gasteiger partial charge >= 0.3 is 5.97 Å².